The van der Waals surface area contributed by atoms with Crippen LogP contribution in [0, 0.1) is 18.0 Å². The van der Waals surface area contributed by atoms with Crippen LogP contribution in [0.5, 0.6) is 0 Å². The average molecular weight is 891 g/mol. The molecule has 0 aliphatic heterocycles. The van der Waals surface area contributed by atoms with E-state index >= 15 is 0 Å². The molecule has 2 amide bonds. The number of carbonyl (C=O) groups excluding carboxylic acids is 6. The summed E-state index contributed by atoms with van der Waals surface area (Å²) in [4.78, 5) is 75.0. The lowest BCUT2D eigenvalue weighted by Gasteiger charge is -2.21. The van der Waals surface area contributed by atoms with Gasteiger partial charge < -0.3 is 10.6 Å². The summed E-state index contributed by atoms with van der Waals surface area (Å²) in [5.74, 6) is -2.04. The molecule has 2 aliphatic carbocycles. The standard InChI is InChI=1S/2C20H16INO3/c2*1-20(12-13-5-3-2-4-6-13)17(23)11-16(18(20)24)22-19(25)14-7-9-15(21)10-8-14/h2*2-11H,12H2,1H3,(H,22,25)/t2*20-/m00/s1. The van der Waals surface area contributed by atoms with Gasteiger partial charge in [-0.05, 0) is 132 Å². The number of hydrogen-bond donors (Lipinski definition) is 2. The van der Waals surface area contributed by atoms with Crippen molar-refractivity contribution in [1.29, 1.82) is 0 Å². The van der Waals surface area contributed by atoms with Crippen molar-refractivity contribution < 1.29 is 28.8 Å². The summed E-state index contributed by atoms with van der Waals surface area (Å²) in [5, 5.41) is 5.17. The fourth-order valence-electron chi connectivity index (χ4n) is 5.65. The van der Waals surface area contributed by atoms with Crippen LogP contribution in [0.3, 0.4) is 0 Å². The van der Waals surface area contributed by atoms with Gasteiger partial charge in [0.15, 0.2) is 23.1 Å². The lowest BCUT2D eigenvalue weighted by molar-refractivity contribution is -0.134. The van der Waals surface area contributed by atoms with Crippen LogP contribution in [0.2, 0.25) is 0 Å². The largest absolute Gasteiger partial charge is 0.319 e. The van der Waals surface area contributed by atoms with Crippen molar-refractivity contribution in [2.45, 2.75) is 26.7 Å². The van der Waals surface area contributed by atoms with Gasteiger partial charge in [0.05, 0.1) is 22.2 Å². The highest BCUT2D eigenvalue weighted by Crippen LogP contribution is 2.34. The molecule has 0 radical (unpaired) electrons. The molecule has 252 valence electrons. The van der Waals surface area contributed by atoms with Crippen LogP contribution in [0.15, 0.2) is 133 Å². The fourth-order valence-corrected chi connectivity index (χ4v) is 6.37. The summed E-state index contributed by atoms with van der Waals surface area (Å²) in [6.45, 7) is 3.26. The Hall–Kier alpha value is -4.56. The number of hydrogen-bond acceptors (Lipinski definition) is 6. The highest BCUT2D eigenvalue weighted by molar-refractivity contribution is 14.1. The van der Waals surface area contributed by atoms with Crippen molar-refractivity contribution >= 4 is 80.1 Å². The zero-order valence-corrected chi connectivity index (χ0v) is 31.5. The van der Waals surface area contributed by atoms with Crippen LogP contribution in [0.4, 0.5) is 0 Å². The van der Waals surface area contributed by atoms with Gasteiger partial charge in [0, 0.05) is 30.4 Å². The molecular weight excluding hydrogens is 858 g/mol. The fraction of sp³-hybridized carbons (Fsp3) is 0.150. The Labute approximate surface area is 317 Å². The van der Waals surface area contributed by atoms with Crippen LogP contribution < -0.4 is 10.6 Å². The van der Waals surface area contributed by atoms with E-state index < -0.39 is 22.6 Å². The maximum absolute atomic E-state index is 12.8. The first-order chi connectivity index (χ1) is 23.8. The summed E-state index contributed by atoms with van der Waals surface area (Å²) in [6.07, 6.45) is 3.11. The highest BCUT2D eigenvalue weighted by Gasteiger charge is 2.48. The van der Waals surface area contributed by atoms with Crippen molar-refractivity contribution in [2.24, 2.45) is 10.8 Å². The maximum Gasteiger partial charge on any atom is 0.255 e. The second-order valence-corrected chi connectivity index (χ2v) is 14.9. The van der Waals surface area contributed by atoms with Gasteiger partial charge in [0.1, 0.15) is 0 Å². The molecule has 10 heteroatoms. The van der Waals surface area contributed by atoms with Crippen LogP contribution in [-0.4, -0.2) is 34.9 Å². The highest BCUT2D eigenvalue weighted by atomic mass is 127. The molecule has 0 bridgehead atoms. The molecule has 0 heterocycles. The summed E-state index contributed by atoms with van der Waals surface area (Å²) < 4.78 is 2.02. The minimum absolute atomic E-state index is 0.0620. The maximum atomic E-state index is 12.8. The van der Waals surface area contributed by atoms with E-state index in [2.05, 4.69) is 55.8 Å². The minimum atomic E-state index is -1.17. The summed E-state index contributed by atoms with van der Waals surface area (Å²) in [5.41, 5.74) is 0.484. The molecule has 4 aromatic carbocycles. The third kappa shape index (κ3) is 8.24. The van der Waals surface area contributed by atoms with Crippen molar-refractivity contribution in [2.75, 3.05) is 0 Å². The van der Waals surface area contributed by atoms with Gasteiger partial charge in [-0.3, -0.25) is 28.8 Å². The third-order valence-corrected chi connectivity index (χ3v) is 10.1. The molecule has 2 aliphatic rings. The summed E-state index contributed by atoms with van der Waals surface area (Å²) in [7, 11) is 0. The first-order valence-electron chi connectivity index (χ1n) is 15.6. The van der Waals surface area contributed by atoms with Crippen molar-refractivity contribution in [1.82, 2.24) is 10.6 Å². The molecule has 0 unspecified atom stereocenters. The Morgan fingerprint density at radius 2 is 0.840 bits per heavy atom. The molecule has 0 saturated heterocycles. The van der Waals surface area contributed by atoms with Gasteiger partial charge >= 0.3 is 0 Å². The quantitative estimate of drug-likeness (QED) is 0.152. The van der Waals surface area contributed by atoms with Crippen molar-refractivity contribution in [3.05, 3.63) is 162 Å². The molecule has 4 aromatic rings. The van der Waals surface area contributed by atoms with E-state index in [0.717, 1.165) is 18.3 Å². The summed E-state index contributed by atoms with van der Waals surface area (Å²) in [6, 6.07) is 32.8. The topological polar surface area (TPSA) is 126 Å². The van der Waals surface area contributed by atoms with E-state index in [1.54, 1.807) is 38.1 Å². The molecule has 0 spiro atoms. The first-order valence-corrected chi connectivity index (χ1v) is 17.8. The van der Waals surface area contributed by atoms with E-state index in [-0.39, 0.29) is 34.5 Å². The Balaban J connectivity index is 0.000000194. The van der Waals surface area contributed by atoms with Crippen LogP contribution in [-0.2, 0) is 32.0 Å². The Morgan fingerprint density at radius 1 is 0.520 bits per heavy atom. The van der Waals surface area contributed by atoms with Gasteiger partial charge in [-0.2, -0.15) is 0 Å². The molecule has 2 N–H and O–H groups in total. The van der Waals surface area contributed by atoms with E-state index in [4.69, 9.17) is 0 Å². The zero-order valence-electron chi connectivity index (χ0n) is 27.2. The number of halogens is 2. The van der Waals surface area contributed by atoms with E-state index in [1.807, 2.05) is 84.9 Å². The minimum Gasteiger partial charge on any atom is -0.319 e. The van der Waals surface area contributed by atoms with Gasteiger partial charge in [-0.1, -0.05) is 60.7 Å². The van der Waals surface area contributed by atoms with E-state index in [0.29, 0.717) is 24.0 Å². The second kappa shape index (κ2) is 15.5. The Kier molecular flexibility index (Phi) is 11.4. The number of Topliss-reactive ketones (excluding diaryl/α,β-unsaturated/α-hetero) is 2. The predicted octanol–water partition coefficient (Wildman–Crippen LogP) is 6.61. The molecule has 0 aromatic heterocycles. The monoisotopic (exact) mass is 890 g/mol. The first kappa shape index (κ1) is 36.7. The number of amides is 2. The van der Waals surface area contributed by atoms with Crippen LogP contribution >= 0.6 is 45.2 Å². The molecule has 2 atom stereocenters. The molecule has 50 heavy (non-hydrogen) atoms. The number of ketones is 4. The summed E-state index contributed by atoms with van der Waals surface area (Å²) >= 11 is 4.30. The van der Waals surface area contributed by atoms with Gasteiger partial charge in [0.2, 0.25) is 0 Å². The molecule has 8 nitrogen and oxygen atoms in total. The van der Waals surface area contributed by atoms with Gasteiger partial charge in [-0.15, -0.1) is 0 Å². The normalized spacial score (nSPS) is 19.7. The van der Waals surface area contributed by atoms with Gasteiger partial charge in [0.25, 0.3) is 11.8 Å². The van der Waals surface area contributed by atoms with Crippen molar-refractivity contribution in [3.63, 3.8) is 0 Å². The third-order valence-electron chi connectivity index (χ3n) is 8.64. The smallest absolute Gasteiger partial charge is 0.255 e. The Morgan fingerprint density at radius 3 is 1.16 bits per heavy atom. The van der Waals surface area contributed by atoms with Crippen LogP contribution in [0.1, 0.15) is 45.7 Å². The Bertz CT molecular complexity index is 1890. The zero-order chi connectivity index (χ0) is 36.1. The number of rotatable bonds is 8. The van der Waals surface area contributed by atoms with Gasteiger partial charge in [-0.25, -0.2) is 0 Å². The molecule has 6 rings (SSSR count). The lowest BCUT2D eigenvalue weighted by Crippen LogP contribution is -2.36. The molecular formula is C40H32I2N2O6. The molecule has 0 fully saturated rings. The van der Waals surface area contributed by atoms with E-state index in [1.165, 1.54) is 12.2 Å². The number of nitrogens with one attached hydrogen (secondary N) is 2. The molecule has 0 saturated carbocycles. The second-order valence-electron chi connectivity index (χ2n) is 12.4. The van der Waals surface area contributed by atoms with Crippen molar-refractivity contribution in [3.8, 4) is 0 Å². The SMILES string of the molecule is C[C@]1(Cc2ccccc2)C(=O)C=C(NC(=O)c2ccc(I)cc2)C1=O.C[C@]1(Cc2ccccc2)C(=O)C=C(NC(=O)c2ccc(I)cc2)C1=O. The van der Waals surface area contributed by atoms with E-state index in [9.17, 15) is 28.8 Å². The van der Waals surface area contributed by atoms with Crippen LogP contribution in [0.25, 0.3) is 0 Å². The predicted molar refractivity (Wildman–Crippen MR) is 206 cm³/mol. The average Bonchev–Trinajstić information content (AvgIpc) is 3.44. The number of benzene rings is 4. The number of allylic oxidation sites excluding steroid dienone is 4. The number of carbonyl (C=O) groups is 6. The lowest BCUT2D eigenvalue weighted by atomic mass is 9.79.